The normalized spacial score (nSPS) is 15.9. The zero-order valence-electron chi connectivity index (χ0n) is 10.5. The first-order chi connectivity index (χ1) is 8.86. The monoisotopic (exact) mass is 288 g/mol. The van der Waals surface area contributed by atoms with E-state index >= 15 is 0 Å². The number of ketones is 1. The first kappa shape index (κ1) is 16.1. The molecule has 0 aliphatic rings. The van der Waals surface area contributed by atoms with Gasteiger partial charge in [0.05, 0.1) is 6.61 Å². The van der Waals surface area contributed by atoms with Gasteiger partial charge in [-0.2, -0.15) is 0 Å². The highest BCUT2D eigenvalue weighted by molar-refractivity contribution is 6.31. The van der Waals surface area contributed by atoms with E-state index in [4.69, 9.17) is 21.8 Å². The number of hydrogen-bond donors (Lipinski definition) is 4. The lowest BCUT2D eigenvalue weighted by atomic mass is 9.99. The minimum Gasteiger partial charge on any atom is -0.394 e. The molecule has 0 saturated carbocycles. The van der Waals surface area contributed by atoms with Crippen LogP contribution in [0.3, 0.4) is 0 Å². The van der Waals surface area contributed by atoms with Crippen LogP contribution in [0.5, 0.6) is 0 Å². The van der Waals surface area contributed by atoms with Crippen molar-refractivity contribution < 1.29 is 25.2 Å². The number of Topliss-reactive ketones (excluding diaryl/α,β-unsaturated/α-hetero) is 1. The summed E-state index contributed by atoms with van der Waals surface area (Å²) in [6.07, 6.45) is -5.13. The zero-order valence-corrected chi connectivity index (χ0v) is 11.2. The largest absolute Gasteiger partial charge is 0.394 e. The van der Waals surface area contributed by atoms with Gasteiger partial charge in [0, 0.05) is 11.4 Å². The molecule has 4 N–H and O–H groups in total. The minimum atomic E-state index is -1.75. The van der Waals surface area contributed by atoms with Crippen molar-refractivity contribution in [1.29, 1.82) is 0 Å². The van der Waals surface area contributed by atoms with Crippen molar-refractivity contribution in [3.05, 3.63) is 34.3 Å². The van der Waals surface area contributed by atoms with Crippen LogP contribution in [0.1, 0.15) is 11.1 Å². The molecule has 106 valence electrons. The van der Waals surface area contributed by atoms with Crippen molar-refractivity contribution >= 4 is 17.4 Å². The van der Waals surface area contributed by atoms with Crippen LogP contribution in [0.25, 0.3) is 0 Å². The maximum atomic E-state index is 11.7. The van der Waals surface area contributed by atoms with Gasteiger partial charge in [-0.1, -0.05) is 23.7 Å². The Hall–Kier alpha value is -0.980. The van der Waals surface area contributed by atoms with Crippen molar-refractivity contribution in [3.63, 3.8) is 0 Å². The number of rotatable bonds is 6. The van der Waals surface area contributed by atoms with E-state index in [0.717, 1.165) is 5.56 Å². The number of aliphatic hydroxyl groups excluding tert-OH is 4. The lowest BCUT2D eigenvalue weighted by molar-refractivity contribution is -0.139. The third-order valence-electron chi connectivity index (χ3n) is 2.85. The fraction of sp³-hybridized carbons (Fsp3) is 0.462. The maximum absolute atomic E-state index is 11.7. The second-order valence-corrected chi connectivity index (χ2v) is 4.82. The number of aryl methyl sites for hydroxylation is 1. The molecule has 0 aromatic heterocycles. The van der Waals surface area contributed by atoms with Gasteiger partial charge in [-0.25, -0.2) is 0 Å². The Morgan fingerprint density at radius 1 is 1.32 bits per heavy atom. The molecule has 19 heavy (non-hydrogen) atoms. The first-order valence-electron chi connectivity index (χ1n) is 5.79. The highest BCUT2D eigenvalue weighted by Gasteiger charge is 2.29. The number of aliphatic hydroxyl groups is 4. The Kier molecular flexibility index (Phi) is 5.90. The lowest BCUT2D eigenvalue weighted by Crippen LogP contribution is -2.44. The summed E-state index contributed by atoms with van der Waals surface area (Å²) in [6.45, 7) is 1.09. The van der Waals surface area contributed by atoms with Gasteiger partial charge in [-0.3, -0.25) is 4.79 Å². The summed E-state index contributed by atoms with van der Waals surface area (Å²) in [7, 11) is 0. The van der Waals surface area contributed by atoms with Crippen LogP contribution in [-0.2, 0) is 11.2 Å². The smallest absolute Gasteiger partial charge is 0.168 e. The predicted octanol–water partition coefficient (Wildman–Crippen LogP) is -0.165. The van der Waals surface area contributed by atoms with Crippen LogP contribution in [0.2, 0.25) is 5.02 Å². The summed E-state index contributed by atoms with van der Waals surface area (Å²) < 4.78 is 0. The van der Waals surface area contributed by atoms with Crippen molar-refractivity contribution in [2.75, 3.05) is 6.61 Å². The van der Waals surface area contributed by atoms with Crippen LogP contribution in [0.15, 0.2) is 18.2 Å². The molecule has 1 rings (SSSR count). The molecule has 3 atom stereocenters. The third kappa shape index (κ3) is 4.26. The van der Waals surface area contributed by atoms with E-state index in [0.29, 0.717) is 10.6 Å². The van der Waals surface area contributed by atoms with E-state index in [2.05, 4.69) is 0 Å². The van der Waals surface area contributed by atoms with Crippen LogP contribution in [0, 0.1) is 6.92 Å². The molecule has 0 unspecified atom stereocenters. The molecule has 1 aromatic rings. The van der Waals surface area contributed by atoms with Gasteiger partial charge in [0.15, 0.2) is 5.78 Å². The fourth-order valence-corrected chi connectivity index (χ4v) is 1.76. The summed E-state index contributed by atoms with van der Waals surface area (Å²) in [5.74, 6) is -0.653. The number of hydrogen-bond acceptors (Lipinski definition) is 5. The van der Waals surface area contributed by atoms with Crippen molar-refractivity contribution in [2.24, 2.45) is 0 Å². The highest BCUT2D eigenvalue weighted by atomic mass is 35.5. The average molecular weight is 289 g/mol. The summed E-state index contributed by atoms with van der Waals surface area (Å²) in [4.78, 5) is 11.7. The summed E-state index contributed by atoms with van der Waals surface area (Å²) in [6, 6.07) is 5.05. The summed E-state index contributed by atoms with van der Waals surface area (Å²) in [5, 5.41) is 37.3. The Morgan fingerprint density at radius 2 is 1.95 bits per heavy atom. The highest BCUT2D eigenvalue weighted by Crippen LogP contribution is 2.17. The molecule has 1 aromatic carbocycles. The number of halogens is 1. The second kappa shape index (κ2) is 6.98. The molecular formula is C13H17ClO5. The summed E-state index contributed by atoms with van der Waals surface area (Å²) >= 11 is 5.92. The predicted molar refractivity (Wildman–Crippen MR) is 70.0 cm³/mol. The van der Waals surface area contributed by atoms with Gasteiger partial charge in [0.2, 0.25) is 0 Å². The Bertz CT molecular complexity index is 449. The molecule has 0 aliphatic heterocycles. The molecule has 0 radical (unpaired) electrons. The van der Waals surface area contributed by atoms with E-state index in [1.165, 1.54) is 0 Å². The van der Waals surface area contributed by atoms with E-state index < -0.39 is 30.7 Å². The SMILES string of the molecule is Cc1ccc(CC(=O)[C@H](O)[C@@H](O)[C@H](O)CO)cc1Cl. The quantitative estimate of drug-likeness (QED) is 0.583. The van der Waals surface area contributed by atoms with Crippen LogP contribution < -0.4 is 0 Å². The third-order valence-corrected chi connectivity index (χ3v) is 3.26. The van der Waals surface area contributed by atoms with Gasteiger partial charge in [0.1, 0.15) is 18.3 Å². The first-order valence-corrected chi connectivity index (χ1v) is 6.17. The topological polar surface area (TPSA) is 98.0 Å². The maximum Gasteiger partial charge on any atom is 0.168 e. The van der Waals surface area contributed by atoms with Crippen LogP contribution in [0.4, 0.5) is 0 Å². The Morgan fingerprint density at radius 3 is 2.47 bits per heavy atom. The van der Waals surface area contributed by atoms with Gasteiger partial charge >= 0.3 is 0 Å². The summed E-state index contributed by atoms with van der Waals surface area (Å²) in [5.41, 5.74) is 1.47. The van der Waals surface area contributed by atoms with E-state index in [1.807, 2.05) is 6.92 Å². The molecule has 0 spiro atoms. The molecule has 5 nitrogen and oxygen atoms in total. The van der Waals surface area contributed by atoms with E-state index in [9.17, 15) is 15.0 Å². The zero-order chi connectivity index (χ0) is 14.6. The van der Waals surface area contributed by atoms with E-state index in [-0.39, 0.29) is 6.42 Å². The second-order valence-electron chi connectivity index (χ2n) is 4.41. The number of benzene rings is 1. The number of carbonyl (C=O) groups excluding carboxylic acids is 1. The molecule has 0 fully saturated rings. The molecule has 0 saturated heterocycles. The standard InChI is InChI=1S/C13H17ClO5/c1-7-2-3-8(4-9(7)14)5-10(16)12(18)13(19)11(17)6-15/h2-4,11-13,15,17-19H,5-6H2,1H3/t11-,12+,13+/m1/s1. The minimum absolute atomic E-state index is 0.115. The molecule has 0 amide bonds. The molecule has 0 aliphatic carbocycles. The lowest BCUT2D eigenvalue weighted by Gasteiger charge is -2.20. The average Bonchev–Trinajstić information content (AvgIpc) is 2.40. The van der Waals surface area contributed by atoms with Crippen molar-refractivity contribution in [2.45, 2.75) is 31.7 Å². The van der Waals surface area contributed by atoms with Gasteiger partial charge in [-0.05, 0) is 24.1 Å². The molecule has 0 bridgehead atoms. The Labute approximate surface area is 116 Å². The molecular weight excluding hydrogens is 272 g/mol. The number of carbonyl (C=O) groups is 1. The Balaban J connectivity index is 2.71. The van der Waals surface area contributed by atoms with Gasteiger partial charge < -0.3 is 20.4 Å². The van der Waals surface area contributed by atoms with Gasteiger partial charge in [-0.15, -0.1) is 0 Å². The van der Waals surface area contributed by atoms with Gasteiger partial charge in [0.25, 0.3) is 0 Å². The van der Waals surface area contributed by atoms with Crippen molar-refractivity contribution in [3.8, 4) is 0 Å². The van der Waals surface area contributed by atoms with Crippen LogP contribution >= 0.6 is 11.6 Å². The van der Waals surface area contributed by atoms with Crippen molar-refractivity contribution in [1.82, 2.24) is 0 Å². The van der Waals surface area contributed by atoms with E-state index in [1.54, 1.807) is 18.2 Å². The molecule has 6 heteroatoms. The molecule has 0 heterocycles. The van der Waals surface area contributed by atoms with Crippen LogP contribution in [-0.4, -0.2) is 51.1 Å². The fourth-order valence-electron chi connectivity index (χ4n) is 1.56.